The van der Waals surface area contributed by atoms with Crippen molar-refractivity contribution in [3.05, 3.63) is 90.5 Å². The second kappa shape index (κ2) is 11.6. The standard InChI is InChI=1S/C31H42NO2/c1-25(2)21-31(22-26(3)4,34-28-17-11-8-12-18-28)24-33-30-20-14-13-19-29(30)32(5,6)23-27-15-9-7-10-16-27/h7-20,25-26H,21-24H2,1-6H3/q+1. The SMILES string of the molecule is CC(C)CC(COc1ccccc1[N+](C)(C)Cc1ccccc1)(CC(C)C)Oc1ccccc1. The highest BCUT2D eigenvalue weighted by molar-refractivity contribution is 5.55. The Labute approximate surface area is 206 Å². The summed E-state index contributed by atoms with van der Waals surface area (Å²) in [6, 6.07) is 29.3. The maximum absolute atomic E-state index is 6.74. The first-order valence-electron chi connectivity index (χ1n) is 12.5. The molecule has 3 aromatic rings. The smallest absolute Gasteiger partial charge is 0.180 e. The third-order valence-corrected chi connectivity index (χ3v) is 6.07. The van der Waals surface area contributed by atoms with E-state index >= 15 is 0 Å². The summed E-state index contributed by atoms with van der Waals surface area (Å²) < 4.78 is 14.1. The van der Waals surface area contributed by atoms with Crippen LogP contribution >= 0.6 is 0 Å². The lowest BCUT2D eigenvalue weighted by Gasteiger charge is -2.38. The lowest BCUT2D eigenvalue weighted by Crippen LogP contribution is -2.45. The van der Waals surface area contributed by atoms with E-state index in [1.54, 1.807) is 0 Å². The molecule has 0 unspecified atom stereocenters. The first kappa shape index (κ1) is 25.8. The van der Waals surface area contributed by atoms with E-state index in [-0.39, 0.29) is 0 Å². The van der Waals surface area contributed by atoms with E-state index in [0.717, 1.165) is 30.9 Å². The molecule has 0 aliphatic heterocycles. The van der Waals surface area contributed by atoms with Crippen molar-refractivity contribution in [3.8, 4) is 11.5 Å². The third-order valence-electron chi connectivity index (χ3n) is 6.07. The fraction of sp³-hybridized carbons (Fsp3) is 0.419. The van der Waals surface area contributed by atoms with Crippen LogP contribution < -0.4 is 14.0 Å². The van der Waals surface area contributed by atoms with Crippen LogP contribution in [0.25, 0.3) is 0 Å². The van der Waals surface area contributed by atoms with Crippen LogP contribution in [0.5, 0.6) is 11.5 Å². The van der Waals surface area contributed by atoms with E-state index in [9.17, 15) is 0 Å². The highest BCUT2D eigenvalue weighted by atomic mass is 16.5. The Morgan fingerprint density at radius 2 is 1.24 bits per heavy atom. The molecule has 0 aliphatic rings. The van der Waals surface area contributed by atoms with Gasteiger partial charge in [0, 0.05) is 11.6 Å². The molecule has 0 aliphatic carbocycles. The van der Waals surface area contributed by atoms with E-state index in [4.69, 9.17) is 9.47 Å². The van der Waals surface area contributed by atoms with Gasteiger partial charge in [-0.05, 0) is 42.9 Å². The molecule has 0 fully saturated rings. The second-order valence-corrected chi connectivity index (χ2v) is 10.9. The average molecular weight is 461 g/mol. The topological polar surface area (TPSA) is 18.5 Å². The molecular weight excluding hydrogens is 418 g/mol. The summed E-state index contributed by atoms with van der Waals surface area (Å²) >= 11 is 0. The van der Waals surface area contributed by atoms with Gasteiger partial charge in [0.2, 0.25) is 0 Å². The highest BCUT2D eigenvalue weighted by Crippen LogP contribution is 2.36. The summed E-state index contributed by atoms with van der Waals surface area (Å²) in [7, 11) is 4.48. The highest BCUT2D eigenvalue weighted by Gasteiger charge is 2.36. The van der Waals surface area contributed by atoms with Gasteiger partial charge in [-0.2, -0.15) is 0 Å². The first-order chi connectivity index (χ1) is 16.2. The Kier molecular flexibility index (Phi) is 8.79. The number of hydrogen-bond acceptors (Lipinski definition) is 2. The number of quaternary nitrogens is 1. The second-order valence-electron chi connectivity index (χ2n) is 10.9. The number of rotatable bonds is 12. The van der Waals surface area contributed by atoms with Gasteiger partial charge < -0.3 is 9.47 Å². The summed E-state index contributed by atoms with van der Waals surface area (Å²) in [4.78, 5) is 0. The summed E-state index contributed by atoms with van der Waals surface area (Å²) in [5, 5.41) is 0. The summed E-state index contributed by atoms with van der Waals surface area (Å²) in [5.41, 5.74) is 2.09. The van der Waals surface area contributed by atoms with Gasteiger partial charge >= 0.3 is 0 Å². The van der Waals surface area contributed by atoms with Crippen LogP contribution in [-0.2, 0) is 6.54 Å². The van der Waals surface area contributed by atoms with E-state index in [1.165, 1.54) is 11.3 Å². The monoisotopic (exact) mass is 460 g/mol. The molecule has 0 radical (unpaired) electrons. The van der Waals surface area contributed by atoms with Gasteiger partial charge in [0.25, 0.3) is 0 Å². The molecule has 0 heterocycles. The Hall–Kier alpha value is -2.78. The first-order valence-corrected chi connectivity index (χ1v) is 12.5. The zero-order chi connectivity index (χ0) is 24.6. The zero-order valence-electron chi connectivity index (χ0n) is 21.8. The predicted octanol–water partition coefficient (Wildman–Crippen LogP) is 7.74. The molecule has 0 saturated heterocycles. The van der Waals surface area contributed by atoms with E-state index in [0.29, 0.717) is 22.9 Å². The van der Waals surface area contributed by atoms with Crippen molar-refractivity contribution < 1.29 is 9.47 Å². The quantitative estimate of drug-likeness (QED) is 0.257. The number of nitrogens with zero attached hydrogens (tertiary/aromatic N) is 1. The van der Waals surface area contributed by atoms with Crippen molar-refractivity contribution in [2.45, 2.75) is 52.7 Å². The van der Waals surface area contributed by atoms with Crippen molar-refractivity contribution >= 4 is 5.69 Å². The van der Waals surface area contributed by atoms with Gasteiger partial charge in [-0.25, -0.2) is 0 Å². The van der Waals surface area contributed by atoms with Gasteiger partial charge in [0.05, 0.1) is 14.1 Å². The molecule has 182 valence electrons. The average Bonchev–Trinajstić information content (AvgIpc) is 2.78. The lowest BCUT2D eigenvalue weighted by atomic mass is 9.85. The van der Waals surface area contributed by atoms with Gasteiger partial charge in [-0.15, -0.1) is 0 Å². The largest absolute Gasteiger partial charge is 0.484 e. The molecule has 0 spiro atoms. The minimum absolute atomic E-state index is 0.395. The van der Waals surface area contributed by atoms with Crippen molar-refractivity contribution in [1.29, 1.82) is 0 Å². The predicted molar refractivity (Wildman–Crippen MR) is 144 cm³/mol. The van der Waals surface area contributed by atoms with Gasteiger partial charge in [0.1, 0.15) is 24.5 Å². The molecule has 0 atom stereocenters. The molecule has 3 aromatic carbocycles. The van der Waals surface area contributed by atoms with E-state index in [2.05, 4.69) is 96.4 Å². The van der Waals surface area contributed by atoms with Gasteiger partial charge in [-0.3, -0.25) is 4.48 Å². The number of benzene rings is 3. The van der Waals surface area contributed by atoms with Crippen molar-refractivity contribution in [2.75, 3.05) is 20.7 Å². The molecule has 0 aromatic heterocycles. The summed E-state index contributed by atoms with van der Waals surface area (Å²) in [5.74, 6) is 2.82. The Bertz CT molecular complexity index is 986. The molecule has 3 rings (SSSR count). The Morgan fingerprint density at radius 1 is 0.706 bits per heavy atom. The molecule has 3 heteroatoms. The molecule has 3 nitrogen and oxygen atoms in total. The molecular formula is C31H42NO2+. The van der Waals surface area contributed by atoms with Gasteiger partial charge in [-0.1, -0.05) is 88.4 Å². The molecule has 0 N–H and O–H groups in total. The number of hydrogen-bond donors (Lipinski definition) is 0. The third kappa shape index (κ3) is 7.36. The summed E-state index contributed by atoms with van der Waals surface area (Å²) in [6.45, 7) is 10.5. The minimum atomic E-state index is -0.395. The Morgan fingerprint density at radius 3 is 1.82 bits per heavy atom. The normalized spacial score (nSPS) is 12.2. The fourth-order valence-corrected chi connectivity index (χ4v) is 4.95. The van der Waals surface area contributed by atoms with Crippen LogP contribution in [0.1, 0.15) is 46.1 Å². The fourth-order valence-electron chi connectivity index (χ4n) is 4.95. The summed E-state index contributed by atoms with van der Waals surface area (Å²) in [6.07, 6.45) is 1.87. The van der Waals surface area contributed by atoms with Crippen LogP contribution in [0.2, 0.25) is 0 Å². The van der Waals surface area contributed by atoms with Crippen LogP contribution in [0.15, 0.2) is 84.9 Å². The Balaban J connectivity index is 1.88. The van der Waals surface area contributed by atoms with E-state index < -0.39 is 5.60 Å². The van der Waals surface area contributed by atoms with E-state index in [1.807, 2.05) is 30.3 Å². The van der Waals surface area contributed by atoms with Gasteiger partial charge in [0.15, 0.2) is 11.4 Å². The maximum atomic E-state index is 6.74. The molecule has 0 saturated carbocycles. The van der Waals surface area contributed by atoms with Crippen molar-refractivity contribution in [1.82, 2.24) is 4.48 Å². The molecule has 0 bridgehead atoms. The van der Waals surface area contributed by atoms with Crippen LogP contribution in [0.3, 0.4) is 0 Å². The molecule has 34 heavy (non-hydrogen) atoms. The minimum Gasteiger partial charge on any atom is -0.484 e. The van der Waals surface area contributed by atoms with Crippen LogP contribution in [0, 0.1) is 11.8 Å². The lowest BCUT2D eigenvalue weighted by molar-refractivity contribution is -0.0147. The van der Waals surface area contributed by atoms with Crippen LogP contribution in [0.4, 0.5) is 5.69 Å². The van der Waals surface area contributed by atoms with Crippen molar-refractivity contribution in [3.63, 3.8) is 0 Å². The zero-order valence-corrected chi connectivity index (χ0v) is 21.8. The number of ether oxygens (including phenoxy) is 2. The maximum Gasteiger partial charge on any atom is 0.180 e. The van der Waals surface area contributed by atoms with Crippen molar-refractivity contribution in [2.24, 2.45) is 11.8 Å². The molecule has 0 amide bonds. The number of para-hydroxylation sites is 3. The van der Waals surface area contributed by atoms with Crippen LogP contribution in [-0.4, -0.2) is 26.3 Å².